The minimum atomic E-state index is -2.40. The predicted octanol–water partition coefficient (Wildman–Crippen LogP) is 1.23. The second kappa shape index (κ2) is 11.0. The fourth-order valence-electron chi connectivity index (χ4n) is 2.43. The van der Waals surface area contributed by atoms with Crippen LogP contribution in [0.15, 0.2) is 48.6 Å². The summed E-state index contributed by atoms with van der Waals surface area (Å²) in [6.07, 6.45) is -1.15. The number of benzene rings is 2. The molecule has 12 nitrogen and oxygen atoms in total. The molecule has 2 atom stereocenters. The maximum absolute atomic E-state index is 12.0. The van der Waals surface area contributed by atoms with Crippen molar-refractivity contribution in [3.8, 4) is 23.0 Å². The first-order valence-corrected chi connectivity index (χ1v) is 9.25. The normalized spacial score (nSPS) is 12.8. The van der Waals surface area contributed by atoms with E-state index in [1.165, 1.54) is 12.1 Å². The van der Waals surface area contributed by atoms with Crippen molar-refractivity contribution in [1.29, 1.82) is 0 Å². The van der Waals surface area contributed by atoms with Crippen LogP contribution in [0.4, 0.5) is 0 Å². The van der Waals surface area contributed by atoms with Crippen LogP contribution < -0.4 is 0 Å². The Balaban J connectivity index is 2.11. The largest absolute Gasteiger partial charge is 0.504 e. The zero-order chi connectivity index (χ0) is 25.4. The summed E-state index contributed by atoms with van der Waals surface area (Å²) in [7, 11) is 0. The molecule has 0 bridgehead atoms. The first-order valence-electron chi connectivity index (χ1n) is 9.25. The Morgan fingerprint density at radius 2 is 0.971 bits per heavy atom. The second-order valence-corrected chi connectivity index (χ2v) is 6.55. The number of carbonyl (C=O) groups is 4. The molecule has 0 saturated carbocycles. The number of phenols is 4. The number of hydrogen-bond donors (Lipinski definition) is 6. The van der Waals surface area contributed by atoms with Crippen LogP contribution >= 0.6 is 0 Å². The van der Waals surface area contributed by atoms with E-state index in [1.807, 2.05) is 0 Å². The lowest BCUT2D eigenvalue weighted by Gasteiger charge is -2.19. The highest BCUT2D eigenvalue weighted by molar-refractivity contribution is 5.93. The highest BCUT2D eigenvalue weighted by Crippen LogP contribution is 2.26. The molecule has 0 unspecified atom stereocenters. The van der Waals surface area contributed by atoms with Gasteiger partial charge in [-0.1, -0.05) is 12.1 Å². The molecular weight excluding hydrogens is 456 g/mol. The average molecular weight is 474 g/mol. The molecule has 2 rings (SSSR count). The molecule has 2 aromatic carbocycles. The summed E-state index contributed by atoms with van der Waals surface area (Å²) < 4.78 is 9.25. The molecule has 0 radical (unpaired) electrons. The van der Waals surface area contributed by atoms with Gasteiger partial charge in [-0.3, -0.25) is 0 Å². The number of esters is 2. The number of phenolic OH excluding ortho intramolecular Hbond substituents is 4. The predicted molar refractivity (Wildman–Crippen MR) is 113 cm³/mol. The molecule has 12 heteroatoms. The lowest BCUT2D eigenvalue weighted by atomic mass is 10.2. The van der Waals surface area contributed by atoms with Gasteiger partial charge in [-0.2, -0.15) is 0 Å². The van der Waals surface area contributed by atoms with E-state index in [0.29, 0.717) is 0 Å². The third-order valence-corrected chi connectivity index (χ3v) is 4.07. The maximum atomic E-state index is 12.0. The van der Waals surface area contributed by atoms with Crippen LogP contribution in [0.3, 0.4) is 0 Å². The third kappa shape index (κ3) is 7.02. The number of carboxylic acid groups (broad SMARTS) is 2. The highest BCUT2D eigenvalue weighted by Gasteiger charge is 2.40. The minimum Gasteiger partial charge on any atom is -0.504 e. The Labute approximate surface area is 190 Å². The first kappa shape index (κ1) is 25.3. The van der Waals surface area contributed by atoms with Gasteiger partial charge in [0.05, 0.1) is 0 Å². The first-order chi connectivity index (χ1) is 16.0. The molecule has 0 amide bonds. The quantitative estimate of drug-likeness (QED) is 0.172. The van der Waals surface area contributed by atoms with Crippen molar-refractivity contribution in [1.82, 2.24) is 0 Å². The maximum Gasteiger partial charge on any atom is 0.349 e. The Bertz CT molecular complexity index is 1070. The van der Waals surface area contributed by atoms with Gasteiger partial charge in [0.15, 0.2) is 23.0 Å². The van der Waals surface area contributed by atoms with Crippen molar-refractivity contribution in [3.63, 3.8) is 0 Å². The molecule has 0 aromatic heterocycles. The lowest BCUT2D eigenvalue weighted by molar-refractivity contribution is -0.183. The summed E-state index contributed by atoms with van der Waals surface area (Å²) in [6, 6.07) is 7.08. The number of carbonyl (C=O) groups excluding carboxylic acids is 2. The van der Waals surface area contributed by atoms with Gasteiger partial charge in [-0.05, 0) is 47.5 Å². The zero-order valence-electron chi connectivity index (χ0n) is 17.1. The van der Waals surface area contributed by atoms with E-state index < -0.39 is 59.1 Å². The van der Waals surface area contributed by atoms with Crippen LogP contribution in [0.5, 0.6) is 23.0 Å². The molecule has 0 spiro atoms. The fraction of sp³-hybridized carbons (Fsp3) is 0.0909. The van der Waals surface area contributed by atoms with Crippen LogP contribution in [0.2, 0.25) is 0 Å². The van der Waals surface area contributed by atoms with E-state index in [9.17, 15) is 49.8 Å². The molecule has 6 N–H and O–H groups in total. The van der Waals surface area contributed by atoms with Crippen LogP contribution in [0.25, 0.3) is 12.2 Å². The van der Waals surface area contributed by atoms with E-state index in [1.54, 1.807) is 0 Å². The Hall–Kier alpha value is -5.00. The van der Waals surface area contributed by atoms with Gasteiger partial charge in [0.25, 0.3) is 0 Å². The Kier molecular flexibility index (Phi) is 8.20. The summed E-state index contributed by atoms with van der Waals surface area (Å²) in [5.41, 5.74) is 0.455. The molecule has 178 valence electrons. The van der Waals surface area contributed by atoms with Crippen LogP contribution in [0, 0.1) is 0 Å². The van der Waals surface area contributed by atoms with E-state index in [2.05, 4.69) is 9.47 Å². The van der Waals surface area contributed by atoms with Crippen LogP contribution in [0.1, 0.15) is 11.1 Å². The van der Waals surface area contributed by atoms with Crippen molar-refractivity contribution >= 4 is 36.0 Å². The number of ether oxygens (including phenoxy) is 2. The van der Waals surface area contributed by atoms with E-state index >= 15 is 0 Å². The molecular formula is C22H18O12. The van der Waals surface area contributed by atoms with Crippen LogP contribution in [-0.2, 0) is 28.7 Å². The zero-order valence-corrected chi connectivity index (χ0v) is 17.1. The van der Waals surface area contributed by atoms with Crippen molar-refractivity contribution in [2.45, 2.75) is 12.2 Å². The summed E-state index contributed by atoms with van der Waals surface area (Å²) in [6.45, 7) is 0. The number of rotatable bonds is 9. The summed E-state index contributed by atoms with van der Waals surface area (Å²) in [5, 5.41) is 55.9. The van der Waals surface area contributed by atoms with Crippen LogP contribution in [-0.4, -0.2) is 66.7 Å². The van der Waals surface area contributed by atoms with E-state index in [4.69, 9.17) is 0 Å². The number of hydrogen-bond acceptors (Lipinski definition) is 10. The van der Waals surface area contributed by atoms with Crippen molar-refractivity contribution in [3.05, 3.63) is 59.7 Å². The molecule has 0 saturated heterocycles. The van der Waals surface area contributed by atoms with Gasteiger partial charge in [-0.15, -0.1) is 0 Å². The van der Waals surface area contributed by atoms with Gasteiger partial charge in [-0.25, -0.2) is 19.2 Å². The van der Waals surface area contributed by atoms with Gasteiger partial charge in [0.1, 0.15) is 0 Å². The molecule has 0 heterocycles. The van der Waals surface area contributed by atoms with Gasteiger partial charge >= 0.3 is 23.9 Å². The molecule has 2 aromatic rings. The monoisotopic (exact) mass is 474 g/mol. The summed E-state index contributed by atoms with van der Waals surface area (Å²) in [4.78, 5) is 46.9. The summed E-state index contributed by atoms with van der Waals surface area (Å²) in [5.74, 6) is -8.18. The average Bonchev–Trinajstić information content (AvgIpc) is 2.77. The highest BCUT2D eigenvalue weighted by atomic mass is 16.6. The topological polar surface area (TPSA) is 208 Å². The van der Waals surface area contributed by atoms with Crippen molar-refractivity contribution < 1.29 is 59.3 Å². The van der Waals surface area contributed by atoms with Crippen molar-refractivity contribution in [2.24, 2.45) is 0 Å². The molecule has 0 aliphatic rings. The van der Waals surface area contributed by atoms with Gasteiger partial charge < -0.3 is 40.1 Å². The minimum absolute atomic E-state index is 0.228. The second-order valence-electron chi connectivity index (χ2n) is 6.55. The van der Waals surface area contributed by atoms with Gasteiger partial charge in [0, 0.05) is 12.2 Å². The Morgan fingerprint density at radius 3 is 1.26 bits per heavy atom. The number of aliphatic carboxylic acids is 2. The molecule has 0 aliphatic heterocycles. The smallest absolute Gasteiger partial charge is 0.349 e. The van der Waals surface area contributed by atoms with E-state index in [-0.39, 0.29) is 11.1 Å². The van der Waals surface area contributed by atoms with Crippen molar-refractivity contribution in [2.75, 3.05) is 0 Å². The van der Waals surface area contributed by atoms with Gasteiger partial charge in [0.2, 0.25) is 12.2 Å². The molecule has 34 heavy (non-hydrogen) atoms. The number of carboxylic acids is 2. The summed E-state index contributed by atoms with van der Waals surface area (Å²) >= 11 is 0. The lowest BCUT2D eigenvalue weighted by Crippen LogP contribution is -2.45. The molecule has 0 fully saturated rings. The third-order valence-electron chi connectivity index (χ3n) is 4.07. The molecule has 0 aliphatic carbocycles. The fourth-order valence-corrected chi connectivity index (χ4v) is 2.43. The number of aromatic hydroxyl groups is 4. The van der Waals surface area contributed by atoms with E-state index in [0.717, 1.165) is 48.6 Å². The SMILES string of the molecule is O=C(C=Cc1ccc(O)c(O)c1)O[C@H](C(=O)O)[C@H](OC(=O)C=Cc1ccc(O)c(O)c1)C(=O)O. The standard InChI is InChI=1S/C22H18O12/c23-13-5-1-11(9-15(13)25)3-7-17(27)33-19(21(29)30)20(22(31)32)34-18(28)8-4-12-2-6-14(24)16(26)10-12/h1-10,19-20,23-26H,(H,29,30)(H,31,32)/t19-,20-/m0/s1. The Morgan fingerprint density at radius 1 is 0.618 bits per heavy atom.